The summed E-state index contributed by atoms with van der Waals surface area (Å²) in [4.78, 5) is 0. The Balaban J connectivity index is 2.17. The summed E-state index contributed by atoms with van der Waals surface area (Å²) in [5.74, 6) is 0. The number of hydrogen-bond acceptors (Lipinski definition) is 3. The molecule has 2 aromatic rings. The van der Waals surface area contributed by atoms with E-state index in [1.807, 2.05) is 12.1 Å². The zero-order valence-electron chi connectivity index (χ0n) is 10.5. The van der Waals surface area contributed by atoms with Gasteiger partial charge in [0.1, 0.15) is 0 Å². The van der Waals surface area contributed by atoms with Crippen LogP contribution in [0.1, 0.15) is 5.56 Å². The Kier molecular flexibility index (Phi) is 5.22. The lowest BCUT2D eigenvalue weighted by molar-refractivity contribution is 0.199. The highest BCUT2D eigenvalue weighted by Crippen LogP contribution is 2.33. The number of halogens is 2. The Bertz CT molecular complexity index is 542. The monoisotopic (exact) mass is 299 g/mol. The van der Waals surface area contributed by atoms with Crippen molar-refractivity contribution >= 4 is 23.2 Å². The van der Waals surface area contributed by atoms with Crippen LogP contribution in [0.25, 0.3) is 11.3 Å². The molecule has 0 unspecified atom stereocenters. The first-order valence-corrected chi connectivity index (χ1v) is 6.66. The van der Waals surface area contributed by atoms with E-state index in [-0.39, 0.29) is 0 Å². The minimum atomic E-state index is 0.534. The Morgan fingerprint density at radius 2 is 2.21 bits per heavy atom. The summed E-state index contributed by atoms with van der Waals surface area (Å²) in [7, 11) is 1.68. The van der Waals surface area contributed by atoms with E-state index >= 15 is 0 Å². The number of aromatic amines is 1. The van der Waals surface area contributed by atoms with Crippen LogP contribution in [0.4, 0.5) is 0 Å². The molecule has 0 saturated carbocycles. The summed E-state index contributed by atoms with van der Waals surface area (Å²) in [6, 6.07) is 5.55. The van der Waals surface area contributed by atoms with Crippen molar-refractivity contribution in [3.63, 3.8) is 0 Å². The van der Waals surface area contributed by atoms with E-state index in [1.165, 1.54) is 0 Å². The zero-order valence-corrected chi connectivity index (χ0v) is 12.1. The average molecular weight is 300 g/mol. The molecule has 0 bridgehead atoms. The van der Waals surface area contributed by atoms with E-state index in [4.69, 9.17) is 27.9 Å². The maximum absolute atomic E-state index is 6.22. The second kappa shape index (κ2) is 6.91. The van der Waals surface area contributed by atoms with Gasteiger partial charge in [0.2, 0.25) is 0 Å². The first kappa shape index (κ1) is 14.3. The minimum absolute atomic E-state index is 0.534. The molecule has 0 aliphatic heterocycles. The normalized spacial score (nSPS) is 10.9. The lowest BCUT2D eigenvalue weighted by Crippen LogP contribution is -2.18. The van der Waals surface area contributed by atoms with Gasteiger partial charge in [-0.05, 0) is 6.07 Å². The molecule has 19 heavy (non-hydrogen) atoms. The molecular formula is C13H15Cl2N3O. The van der Waals surface area contributed by atoms with Crippen LogP contribution in [-0.2, 0) is 11.3 Å². The molecule has 0 amide bonds. The molecule has 1 heterocycles. The molecule has 0 atom stereocenters. The molecule has 2 rings (SSSR count). The first-order valence-electron chi connectivity index (χ1n) is 5.90. The Morgan fingerprint density at radius 3 is 3.00 bits per heavy atom. The summed E-state index contributed by atoms with van der Waals surface area (Å²) in [6.45, 7) is 2.15. The van der Waals surface area contributed by atoms with Crippen LogP contribution in [0.3, 0.4) is 0 Å². The predicted octanol–water partition coefficient (Wildman–Crippen LogP) is 3.12. The smallest absolute Gasteiger partial charge is 0.0710 e. The highest BCUT2D eigenvalue weighted by molar-refractivity contribution is 6.43. The molecule has 0 aliphatic rings. The Labute approximate surface area is 122 Å². The Hall–Kier alpha value is -1.07. The van der Waals surface area contributed by atoms with Crippen molar-refractivity contribution in [3.8, 4) is 11.3 Å². The molecule has 0 aliphatic carbocycles. The summed E-state index contributed by atoms with van der Waals surface area (Å²) in [6.07, 6.45) is 1.78. The average Bonchev–Trinajstić information content (AvgIpc) is 2.86. The third-order valence-electron chi connectivity index (χ3n) is 2.74. The third kappa shape index (κ3) is 3.48. The van der Waals surface area contributed by atoms with E-state index in [1.54, 1.807) is 19.4 Å². The van der Waals surface area contributed by atoms with Crippen molar-refractivity contribution in [2.24, 2.45) is 0 Å². The number of rotatable bonds is 6. The number of hydrogen-bond donors (Lipinski definition) is 2. The second-order valence-electron chi connectivity index (χ2n) is 4.04. The first-order chi connectivity index (χ1) is 9.24. The van der Waals surface area contributed by atoms with E-state index in [9.17, 15) is 0 Å². The van der Waals surface area contributed by atoms with Gasteiger partial charge in [0.25, 0.3) is 0 Å². The van der Waals surface area contributed by atoms with Gasteiger partial charge in [-0.2, -0.15) is 5.10 Å². The van der Waals surface area contributed by atoms with E-state index in [0.29, 0.717) is 23.2 Å². The molecule has 4 nitrogen and oxygen atoms in total. The molecule has 1 aromatic carbocycles. The van der Waals surface area contributed by atoms with Crippen LogP contribution in [-0.4, -0.2) is 30.5 Å². The third-order valence-corrected chi connectivity index (χ3v) is 3.56. The number of aromatic nitrogens is 2. The Morgan fingerprint density at radius 1 is 1.37 bits per heavy atom. The lowest BCUT2D eigenvalue weighted by Gasteiger charge is -2.07. The number of benzene rings is 1. The highest BCUT2D eigenvalue weighted by atomic mass is 35.5. The highest BCUT2D eigenvalue weighted by Gasteiger charge is 2.12. The van der Waals surface area contributed by atoms with E-state index < -0.39 is 0 Å². The van der Waals surface area contributed by atoms with Gasteiger partial charge in [0.05, 0.1) is 28.5 Å². The molecule has 0 fully saturated rings. The summed E-state index contributed by atoms with van der Waals surface area (Å²) in [5, 5.41) is 11.4. The van der Waals surface area contributed by atoms with Gasteiger partial charge in [-0.25, -0.2) is 0 Å². The SMILES string of the molecule is COCCNCc1cn[nH]c1-c1cccc(Cl)c1Cl. The van der Waals surface area contributed by atoms with Crippen molar-refractivity contribution in [3.05, 3.63) is 40.0 Å². The summed E-state index contributed by atoms with van der Waals surface area (Å²) >= 11 is 12.3. The molecule has 0 spiro atoms. The van der Waals surface area contributed by atoms with E-state index in [0.717, 1.165) is 23.4 Å². The van der Waals surface area contributed by atoms with Crippen LogP contribution in [0.2, 0.25) is 10.0 Å². The van der Waals surface area contributed by atoms with Crippen LogP contribution in [0, 0.1) is 0 Å². The van der Waals surface area contributed by atoms with Gasteiger partial charge >= 0.3 is 0 Å². The molecule has 1 aromatic heterocycles. The van der Waals surface area contributed by atoms with Crippen LogP contribution in [0.15, 0.2) is 24.4 Å². The van der Waals surface area contributed by atoms with Crippen molar-refractivity contribution in [1.82, 2.24) is 15.5 Å². The van der Waals surface area contributed by atoms with Crippen LogP contribution >= 0.6 is 23.2 Å². The molecule has 6 heteroatoms. The van der Waals surface area contributed by atoms with Crippen LogP contribution in [0.5, 0.6) is 0 Å². The van der Waals surface area contributed by atoms with Gasteiger partial charge in [-0.3, -0.25) is 5.10 Å². The number of ether oxygens (including phenoxy) is 1. The van der Waals surface area contributed by atoms with E-state index in [2.05, 4.69) is 15.5 Å². The summed E-state index contributed by atoms with van der Waals surface area (Å²) in [5.41, 5.74) is 2.79. The number of H-pyrrole nitrogens is 1. The molecule has 0 saturated heterocycles. The van der Waals surface area contributed by atoms with Gasteiger partial charge in [0.15, 0.2) is 0 Å². The maximum atomic E-state index is 6.22. The van der Waals surface area contributed by atoms with Crippen molar-refractivity contribution in [1.29, 1.82) is 0 Å². The fraction of sp³-hybridized carbons (Fsp3) is 0.308. The number of nitrogens with zero attached hydrogens (tertiary/aromatic N) is 1. The van der Waals surface area contributed by atoms with Crippen molar-refractivity contribution in [2.75, 3.05) is 20.3 Å². The molecule has 102 valence electrons. The van der Waals surface area contributed by atoms with Gasteiger partial charge in [-0.15, -0.1) is 0 Å². The lowest BCUT2D eigenvalue weighted by atomic mass is 10.1. The molecular weight excluding hydrogens is 285 g/mol. The van der Waals surface area contributed by atoms with Gasteiger partial charge in [-0.1, -0.05) is 35.3 Å². The van der Waals surface area contributed by atoms with Gasteiger partial charge in [0, 0.05) is 31.3 Å². The maximum Gasteiger partial charge on any atom is 0.0710 e. The fourth-order valence-electron chi connectivity index (χ4n) is 1.77. The zero-order chi connectivity index (χ0) is 13.7. The largest absolute Gasteiger partial charge is 0.383 e. The quantitative estimate of drug-likeness (QED) is 0.806. The van der Waals surface area contributed by atoms with Crippen molar-refractivity contribution in [2.45, 2.75) is 6.54 Å². The fourth-order valence-corrected chi connectivity index (χ4v) is 2.17. The van der Waals surface area contributed by atoms with Crippen molar-refractivity contribution < 1.29 is 4.74 Å². The minimum Gasteiger partial charge on any atom is -0.383 e. The molecule has 0 radical (unpaired) electrons. The standard InChI is InChI=1S/C13H15Cl2N3O/c1-19-6-5-16-7-9-8-17-18-13(9)10-3-2-4-11(14)12(10)15/h2-4,8,16H,5-7H2,1H3,(H,17,18). The number of nitrogens with one attached hydrogen (secondary N) is 2. The topological polar surface area (TPSA) is 49.9 Å². The second-order valence-corrected chi connectivity index (χ2v) is 4.83. The number of methoxy groups -OCH3 is 1. The molecule has 2 N–H and O–H groups in total. The van der Waals surface area contributed by atoms with Crippen LogP contribution < -0.4 is 5.32 Å². The summed E-state index contributed by atoms with van der Waals surface area (Å²) < 4.78 is 4.99. The predicted molar refractivity (Wildman–Crippen MR) is 77.6 cm³/mol. The van der Waals surface area contributed by atoms with Gasteiger partial charge < -0.3 is 10.1 Å².